The van der Waals surface area contributed by atoms with Gasteiger partial charge in [0, 0.05) is 18.7 Å². The van der Waals surface area contributed by atoms with Gasteiger partial charge in [0.25, 0.3) is 5.91 Å². The number of halogens is 1. The molecule has 0 radical (unpaired) electrons. The van der Waals surface area contributed by atoms with Gasteiger partial charge in [-0.3, -0.25) is 4.79 Å². The lowest BCUT2D eigenvalue weighted by molar-refractivity contribution is 0.0729. The van der Waals surface area contributed by atoms with Gasteiger partial charge in [0.15, 0.2) is 0 Å². The molecule has 0 atom stereocenters. The highest BCUT2D eigenvalue weighted by atomic mass is 19.1. The minimum absolute atomic E-state index is 0.00985. The second kappa shape index (κ2) is 9.21. The molecule has 0 N–H and O–H groups in total. The zero-order valence-corrected chi connectivity index (χ0v) is 17.8. The summed E-state index contributed by atoms with van der Waals surface area (Å²) in [6, 6.07) is 12.4. The van der Waals surface area contributed by atoms with Crippen molar-refractivity contribution < 1.29 is 9.18 Å². The molecule has 1 aromatic heterocycles. The number of nitrogens with zero attached hydrogens (tertiary/aromatic N) is 3. The maximum Gasteiger partial charge on any atom is 0.254 e. The summed E-state index contributed by atoms with van der Waals surface area (Å²) in [7, 11) is 0. The Balaban J connectivity index is 1.96. The van der Waals surface area contributed by atoms with Gasteiger partial charge in [-0.05, 0) is 56.0 Å². The fourth-order valence-corrected chi connectivity index (χ4v) is 3.54. The van der Waals surface area contributed by atoms with E-state index in [1.54, 1.807) is 6.07 Å². The van der Waals surface area contributed by atoms with E-state index in [1.807, 2.05) is 40.7 Å². The van der Waals surface area contributed by atoms with E-state index >= 15 is 0 Å². The molecule has 0 aliphatic carbocycles. The number of carbonyl (C=O) groups excluding carboxylic acids is 1. The molecular formula is C24H30FN3O. The van der Waals surface area contributed by atoms with Crippen molar-refractivity contribution in [2.45, 2.75) is 53.6 Å². The third-order valence-electron chi connectivity index (χ3n) is 5.10. The number of hydrogen-bond acceptors (Lipinski definition) is 2. The van der Waals surface area contributed by atoms with Crippen molar-refractivity contribution in [3.8, 4) is 0 Å². The maximum atomic E-state index is 13.8. The van der Waals surface area contributed by atoms with Gasteiger partial charge in [-0.15, -0.1) is 0 Å². The van der Waals surface area contributed by atoms with Crippen molar-refractivity contribution in [2.24, 2.45) is 5.92 Å². The van der Waals surface area contributed by atoms with Crippen LogP contribution in [0.1, 0.15) is 55.4 Å². The van der Waals surface area contributed by atoms with Crippen molar-refractivity contribution >= 4 is 16.9 Å². The van der Waals surface area contributed by atoms with Crippen LogP contribution in [0.4, 0.5) is 4.39 Å². The van der Waals surface area contributed by atoms with E-state index in [9.17, 15) is 9.18 Å². The first kappa shape index (κ1) is 21.0. The molecule has 5 heteroatoms. The summed E-state index contributed by atoms with van der Waals surface area (Å²) in [5, 5.41) is 0. The molecule has 2 aromatic carbocycles. The molecule has 4 nitrogen and oxygen atoms in total. The second-order valence-electron chi connectivity index (χ2n) is 8.09. The van der Waals surface area contributed by atoms with Gasteiger partial charge in [-0.25, -0.2) is 9.37 Å². The summed E-state index contributed by atoms with van der Waals surface area (Å²) in [5.74, 6) is 1.04. The zero-order chi connectivity index (χ0) is 21.0. The van der Waals surface area contributed by atoms with Gasteiger partial charge in [0.2, 0.25) is 0 Å². The number of aromatic nitrogens is 2. The minimum atomic E-state index is -0.270. The third kappa shape index (κ3) is 5.03. The van der Waals surface area contributed by atoms with Gasteiger partial charge < -0.3 is 9.47 Å². The molecular weight excluding hydrogens is 365 g/mol. The highest BCUT2D eigenvalue weighted by Crippen LogP contribution is 2.21. The minimum Gasteiger partial charge on any atom is -0.331 e. The van der Waals surface area contributed by atoms with Gasteiger partial charge in [0.05, 0.1) is 17.6 Å². The first-order valence-electron chi connectivity index (χ1n) is 10.4. The van der Waals surface area contributed by atoms with Crippen molar-refractivity contribution in [3.05, 3.63) is 65.2 Å². The van der Waals surface area contributed by atoms with Crippen LogP contribution in [-0.2, 0) is 13.1 Å². The van der Waals surface area contributed by atoms with E-state index in [2.05, 4.69) is 20.8 Å². The zero-order valence-electron chi connectivity index (χ0n) is 17.8. The lowest BCUT2D eigenvalue weighted by atomic mass is 10.1. The smallest absolute Gasteiger partial charge is 0.254 e. The molecule has 0 saturated heterocycles. The lowest BCUT2D eigenvalue weighted by Crippen LogP contribution is -2.33. The predicted octanol–water partition coefficient (Wildman–Crippen LogP) is 5.58. The summed E-state index contributed by atoms with van der Waals surface area (Å²) in [5.41, 5.74) is 3.31. The Morgan fingerprint density at radius 3 is 2.69 bits per heavy atom. The first-order valence-corrected chi connectivity index (χ1v) is 10.4. The Kier molecular flexibility index (Phi) is 6.68. The van der Waals surface area contributed by atoms with Crippen molar-refractivity contribution in [1.29, 1.82) is 0 Å². The van der Waals surface area contributed by atoms with E-state index in [4.69, 9.17) is 4.98 Å². The van der Waals surface area contributed by atoms with Crippen LogP contribution in [-0.4, -0.2) is 26.9 Å². The third-order valence-corrected chi connectivity index (χ3v) is 5.10. The Hall–Kier alpha value is -2.69. The number of imidazole rings is 1. The largest absolute Gasteiger partial charge is 0.331 e. The Labute approximate surface area is 172 Å². The van der Waals surface area contributed by atoms with Crippen molar-refractivity contribution in [2.75, 3.05) is 6.54 Å². The summed E-state index contributed by atoms with van der Waals surface area (Å²) in [6.45, 7) is 10.2. The topological polar surface area (TPSA) is 38.1 Å². The summed E-state index contributed by atoms with van der Waals surface area (Å²) >= 11 is 0. The molecule has 0 saturated carbocycles. The Morgan fingerprint density at radius 2 is 2.00 bits per heavy atom. The SMILES string of the molecule is CCCn1c(CN(CCC(C)C)C(=O)c2cccc(C)c2)nc2ccc(F)cc21. The van der Waals surface area contributed by atoms with Gasteiger partial charge in [-0.1, -0.05) is 38.5 Å². The van der Waals surface area contributed by atoms with Crippen molar-refractivity contribution in [3.63, 3.8) is 0 Å². The van der Waals surface area contributed by atoms with Crippen LogP contribution in [0.5, 0.6) is 0 Å². The fourth-order valence-electron chi connectivity index (χ4n) is 3.54. The standard InChI is InChI=1S/C24H30FN3O/c1-5-12-28-22-15-20(25)9-10-21(22)26-23(28)16-27(13-11-17(2)3)24(29)19-8-6-7-18(4)14-19/h6-10,14-15,17H,5,11-13,16H2,1-4H3. The molecule has 3 rings (SSSR count). The first-order chi connectivity index (χ1) is 13.9. The molecule has 0 fully saturated rings. The van der Waals surface area contributed by atoms with Crippen LogP contribution in [0, 0.1) is 18.7 Å². The molecule has 154 valence electrons. The number of fused-ring (bicyclic) bond motifs is 1. The molecule has 1 amide bonds. The van der Waals surface area contributed by atoms with E-state index in [1.165, 1.54) is 12.1 Å². The molecule has 0 aliphatic rings. The Morgan fingerprint density at radius 1 is 1.21 bits per heavy atom. The molecule has 0 aliphatic heterocycles. The van der Waals surface area contributed by atoms with E-state index in [0.29, 0.717) is 24.6 Å². The van der Waals surface area contributed by atoms with Crippen LogP contribution < -0.4 is 0 Å². The number of amides is 1. The van der Waals surface area contributed by atoms with Gasteiger partial charge >= 0.3 is 0 Å². The molecule has 29 heavy (non-hydrogen) atoms. The monoisotopic (exact) mass is 395 g/mol. The van der Waals surface area contributed by atoms with Crippen LogP contribution >= 0.6 is 0 Å². The number of rotatable bonds is 8. The van der Waals surface area contributed by atoms with Crippen LogP contribution in [0.25, 0.3) is 11.0 Å². The summed E-state index contributed by atoms with van der Waals surface area (Å²) in [6.07, 6.45) is 1.83. The molecule has 1 heterocycles. The number of benzene rings is 2. The highest BCUT2D eigenvalue weighted by Gasteiger charge is 2.20. The number of carbonyl (C=O) groups is 1. The highest BCUT2D eigenvalue weighted by molar-refractivity contribution is 5.94. The molecule has 0 bridgehead atoms. The predicted molar refractivity (Wildman–Crippen MR) is 115 cm³/mol. The second-order valence-corrected chi connectivity index (χ2v) is 8.09. The average molecular weight is 396 g/mol. The van der Waals surface area contributed by atoms with E-state index in [0.717, 1.165) is 41.8 Å². The summed E-state index contributed by atoms with van der Waals surface area (Å²) in [4.78, 5) is 19.9. The van der Waals surface area contributed by atoms with Crippen LogP contribution in [0.15, 0.2) is 42.5 Å². The maximum absolute atomic E-state index is 13.8. The van der Waals surface area contributed by atoms with E-state index < -0.39 is 0 Å². The van der Waals surface area contributed by atoms with E-state index in [-0.39, 0.29) is 11.7 Å². The molecule has 0 spiro atoms. The lowest BCUT2D eigenvalue weighted by Gasteiger charge is -2.24. The normalized spacial score (nSPS) is 11.4. The van der Waals surface area contributed by atoms with Crippen LogP contribution in [0.2, 0.25) is 0 Å². The molecule has 3 aromatic rings. The number of hydrogen-bond donors (Lipinski definition) is 0. The van der Waals surface area contributed by atoms with Gasteiger partial charge in [-0.2, -0.15) is 0 Å². The van der Waals surface area contributed by atoms with Gasteiger partial charge in [0.1, 0.15) is 11.6 Å². The molecule has 0 unspecified atom stereocenters. The van der Waals surface area contributed by atoms with Crippen LogP contribution in [0.3, 0.4) is 0 Å². The van der Waals surface area contributed by atoms with Crippen molar-refractivity contribution in [1.82, 2.24) is 14.5 Å². The Bertz CT molecular complexity index is 993. The number of aryl methyl sites for hydroxylation is 2. The summed E-state index contributed by atoms with van der Waals surface area (Å²) < 4.78 is 15.9. The quantitative estimate of drug-likeness (QED) is 0.499. The fraction of sp³-hybridized carbons (Fsp3) is 0.417. The average Bonchev–Trinajstić information content (AvgIpc) is 3.01.